The smallest absolute Gasteiger partial charge is 0.237 e. The molecule has 3 rings (SSSR count). The van der Waals surface area contributed by atoms with Crippen molar-refractivity contribution in [2.75, 3.05) is 31.1 Å². The molecular formula is C21H34N4O2. The Labute approximate surface area is 163 Å². The number of rotatable bonds is 6. The first-order valence-electron chi connectivity index (χ1n) is 10.3. The van der Waals surface area contributed by atoms with Crippen LogP contribution < -0.4 is 10.2 Å². The zero-order valence-corrected chi connectivity index (χ0v) is 17.1. The Morgan fingerprint density at radius 1 is 1.22 bits per heavy atom. The van der Waals surface area contributed by atoms with Crippen LogP contribution in [-0.4, -0.2) is 60.2 Å². The number of nitrogens with one attached hydrogen (secondary N) is 1. The van der Waals surface area contributed by atoms with Gasteiger partial charge in [-0.15, -0.1) is 0 Å². The second-order valence-electron chi connectivity index (χ2n) is 8.34. The Morgan fingerprint density at radius 3 is 2.44 bits per heavy atom. The Bertz CT molecular complexity index is 603. The fourth-order valence-electron chi connectivity index (χ4n) is 4.28. The summed E-state index contributed by atoms with van der Waals surface area (Å²) in [5.74, 6) is 1.38. The van der Waals surface area contributed by atoms with E-state index in [2.05, 4.69) is 59.9 Å². The van der Waals surface area contributed by atoms with Crippen LogP contribution in [-0.2, 0) is 16.1 Å². The van der Waals surface area contributed by atoms with Crippen molar-refractivity contribution in [1.29, 1.82) is 0 Å². The van der Waals surface area contributed by atoms with Gasteiger partial charge in [0, 0.05) is 38.9 Å². The van der Waals surface area contributed by atoms with E-state index in [1.54, 1.807) is 0 Å². The number of morpholine rings is 1. The van der Waals surface area contributed by atoms with E-state index < -0.39 is 0 Å². The SMILES string of the molecule is CC(C)[C@@H](C(=O)NCc1ccc(N2CCCC2)nc1)N1C[C@@H](C)O[C@H](C)C1. The molecule has 2 fully saturated rings. The molecule has 0 aromatic carbocycles. The van der Waals surface area contributed by atoms with E-state index in [0.29, 0.717) is 6.54 Å². The summed E-state index contributed by atoms with van der Waals surface area (Å²) in [5, 5.41) is 3.12. The van der Waals surface area contributed by atoms with Crippen molar-refractivity contribution in [3.8, 4) is 0 Å². The standard InChI is InChI=1S/C21H34N4O2/c1-15(2)20(25-13-16(3)27-17(4)14-25)21(26)23-12-18-7-8-19(22-11-18)24-9-5-6-10-24/h7-8,11,15-17,20H,5-6,9-10,12-14H2,1-4H3,(H,23,26)/t16-,17-,20+/m1/s1. The minimum atomic E-state index is -0.129. The van der Waals surface area contributed by atoms with E-state index in [1.807, 2.05) is 6.20 Å². The second kappa shape index (κ2) is 9.02. The molecule has 3 atom stereocenters. The first-order valence-corrected chi connectivity index (χ1v) is 10.3. The molecule has 3 heterocycles. The minimum absolute atomic E-state index is 0.0925. The highest BCUT2D eigenvalue weighted by atomic mass is 16.5. The van der Waals surface area contributed by atoms with Gasteiger partial charge in [-0.3, -0.25) is 9.69 Å². The number of hydrogen-bond donors (Lipinski definition) is 1. The van der Waals surface area contributed by atoms with Gasteiger partial charge in [0.2, 0.25) is 5.91 Å². The molecule has 0 unspecified atom stereocenters. The highest BCUT2D eigenvalue weighted by Crippen LogP contribution is 2.20. The van der Waals surface area contributed by atoms with E-state index in [-0.39, 0.29) is 30.1 Å². The molecule has 1 N–H and O–H groups in total. The molecule has 2 aliphatic heterocycles. The lowest BCUT2D eigenvalue weighted by Gasteiger charge is -2.41. The maximum absolute atomic E-state index is 12.9. The lowest BCUT2D eigenvalue weighted by molar-refractivity contribution is -0.135. The number of carbonyl (C=O) groups excluding carboxylic acids is 1. The van der Waals surface area contributed by atoms with E-state index in [0.717, 1.165) is 37.6 Å². The first kappa shape index (κ1) is 20.1. The zero-order chi connectivity index (χ0) is 19.4. The molecule has 0 spiro atoms. The highest BCUT2D eigenvalue weighted by molar-refractivity contribution is 5.82. The number of carbonyl (C=O) groups is 1. The van der Waals surface area contributed by atoms with Crippen molar-refractivity contribution in [2.24, 2.45) is 5.92 Å². The van der Waals surface area contributed by atoms with Gasteiger partial charge in [0.25, 0.3) is 0 Å². The van der Waals surface area contributed by atoms with Crippen molar-refractivity contribution in [3.05, 3.63) is 23.9 Å². The average Bonchev–Trinajstić information content (AvgIpc) is 3.14. The summed E-state index contributed by atoms with van der Waals surface area (Å²) in [4.78, 5) is 22.1. The van der Waals surface area contributed by atoms with Gasteiger partial charge in [0.15, 0.2) is 0 Å². The number of pyridine rings is 1. The van der Waals surface area contributed by atoms with Crippen molar-refractivity contribution < 1.29 is 9.53 Å². The third kappa shape index (κ3) is 5.20. The van der Waals surface area contributed by atoms with Crippen LogP contribution in [0.4, 0.5) is 5.82 Å². The molecule has 0 aliphatic carbocycles. The van der Waals surface area contributed by atoms with Crippen molar-refractivity contribution >= 4 is 11.7 Å². The summed E-state index contributed by atoms with van der Waals surface area (Å²) in [6.07, 6.45) is 4.69. The predicted octanol–water partition coefficient (Wildman–Crippen LogP) is 2.43. The van der Waals surface area contributed by atoms with E-state index in [4.69, 9.17) is 4.74 Å². The van der Waals surface area contributed by atoms with Crippen LogP contribution in [0, 0.1) is 5.92 Å². The van der Waals surface area contributed by atoms with E-state index in [9.17, 15) is 4.79 Å². The third-order valence-electron chi connectivity index (χ3n) is 5.45. The van der Waals surface area contributed by atoms with Crippen LogP contribution in [0.5, 0.6) is 0 Å². The largest absolute Gasteiger partial charge is 0.373 e. The van der Waals surface area contributed by atoms with Crippen LogP contribution in [0.3, 0.4) is 0 Å². The van der Waals surface area contributed by atoms with Crippen LogP contribution in [0.15, 0.2) is 18.3 Å². The number of amides is 1. The Hall–Kier alpha value is -1.66. The quantitative estimate of drug-likeness (QED) is 0.829. The molecular weight excluding hydrogens is 340 g/mol. The molecule has 1 amide bonds. The van der Waals surface area contributed by atoms with Crippen molar-refractivity contribution in [2.45, 2.75) is 65.3 Å². The van der Waals surface area contributed by atoms with Gasteiger partial charge >= 0.3 is 0 Å². The molecule has 6 nitrogen and oxygen atoms in total. The summed E-state index contributed by atoms with van der Waals surface area (Å²) in [6.45, 7) is 12.7. The minimum Gasteiger partial charge on any atom is -0.373 e. The Kier molecular flexibility index (Phi) is 6.71. The molecule has 0 bridgehead atoms. The summed E-state index contributed by atoms with van der Waals surface area (Å²) in [7, 11) is 0. The molecule has 27 heavy (non-hydrogen) atoms. The fourth-order valence-corrected chi connectivity index (χ4v) is 4.28. The number of nitrogens with zero attached hydrogens (tertiary/aromatic N) is 3. The van der Waals surface area contributed by atoms with Gasteiger partial charge in [0.05, 0.1) is 18.2 Å². The maximum atomic E-state index is 12.9. The third-order valence-corrected chi connectivity index (χ3v) is 5.45. The van der Waals surface area contributed by atoms with E-state index in [1.165, 1.54) is 12.8 Å². The van der Waals surface area contributed by atoms with Gasteiger partial charge in [-0.1, -0.05) is 19.9 Å². The first-order chi connectivity index (χ1) is 12.9. The lowest BCUT2D eigenvalue weighted by atomic mass is 9.99. The summed E-state index contributed by atoms with van der Waals surface area (Å²) in [6, 6.07) is 4.01. The maximum Gasteiger partial charge on any atom is 0.237 e. The fraction of sp³-hybridized carbons (Fsp3) is 0.714. The summed E-state index contributed by atoms with van der Waals surface area (Å²) >= 11 is 0. The lowest BCUT2D eigenvalue weighted by Crippen LogP contribution is -2.56. The number of ether oxygens (including phenoxy) is 1. The van der Waals surface area contributed by atoms with Gasteiger partial charge in [-0.05, 0) is 44.2 Å². The molecule has 6 heteroatoms. The number of aromatic nitrogens is 1. The predicted molar refractivity (Wildman–Crippen MR) is 108 cm³/mol. The monoisotopic (exact) mass is 374 g/mol. The Morgan fingerprint density at radius 2 is 1.89 bits per heavy atom. The van der Waals surface area contributed by atoms with E-state index >= 15 is 0 Å². The molecule has 2 saturated heterocycles. The van der Waals surface area contributed by atoms with Gasteiger partial charge in [0.1, 0.15) is 5.82 Å². The van der Waals surface area contributed by atoms with Crippen molar-refractivity contribution in [3.63, 3.8) is 0 Å². The normalized spacial score (nSPS) is 25.0. The van der Waals surface area contributed by atoms with Crippen molar-refractivity contribution in [1.82, 2.24) is 15.2 Å². The molecule has 150 valence electrons. The molecule has 1 aromatic heterocycles. The summed E-state index contributed by atoms with van der Waals surface area (Å²) < 4.78 is 5.82. The number of anilines is 1. The van der Waals surface area contributed by atoms with Crippen LogP contribution in [0.1, 0.15) is 46.1 Å². The highest BCUT2D eigenvalue weighted by Gasteiger charge is 2.34. The van der Waals surface area contributed by atoms with Crippen LogP contribution >= 0.6 is 0 Å². The summed E-state index contributed by atoms with van der Waals surface area (Å²) in [5.41, 5.74) is 1.04. The van der Waals surface area contributed by atoms with Gasteiger partial charge in [-0.2, -0.15) is 0 Å². The topological polar surface area (TPSA) is 57.7 Å². The molecule has 0 saturated carbocycles. The molecule has 0 radical (unpaired) electrons. The average molecular weight is 375 g/mol. The Balaban J connectivity index is 1.57. The number of hydrogen-bond acceptors (Lipinski definition) is 5. The molecule has 1 aromatic rings. The van der Waals surface area contributed by atoms with Crippen LogP contribution in [0.2, 0.25) is 0 Å². The molecule has 2 aliphatic rings. The van der Waals surface area contributed by atoms with Crippen LogP contribution in [0.25, 0.3) is 0 Å². The zero-order valence-electron chi connectivity index (χ0n) is 17.1. The second-order valence-corrected chi connectivity index (χ2v) is 8.34. The van der Waals surface area contributed by atoms with Gasteiger partial charge in [-0.25, -0.2) is 4.98 Å². The van der Waals surface area contributed by atoms with Gasteiger partial charge < -0.3 is 15.0 Å².